The van der Waals surface area contributed by atoms with Crippen LogP contribution in [0.4, 0.5) is 34.1 Å². The number of hydrogen-bond donors (Lipinski definition) is 2. The minimum Gasteiger partial charge on any atom is -0.427 e. The fraction of sp³-hybridized carbons (Fsp3) is 0.308. The molecule has 8 heteroatoms. The predicted molar refractivity (Wildman–Crippen MR) is 254 cm³/mol. The first kappa shape index (κ1) is 44.4. The molecule has 0 aliphatic rings. The second-order valence-corrected chi connectivity index (χ2v) is 17.7. The number of nitrogens with zero attached hydrogens (tertiary/aromatic N) is 2. The van der Waals surface area contributed by atoms with Crippen molar-refractivity contribution < 1.29 is 19.5 Å². The molecule has 6 aromatic rings. The van der Waals surface area contributed by atoms with Gasteiger partial charge in [-0.1, -0.05) is 103 Å². The lowest BCUT2D eigenvalue weighted by Crippen LogP contribution is -2.49. The number of rotatable bonds is 18. The first-order valence-corrected chi connectivity index (χ1v) is 21.1. The van der Waals surface area contributed by atoms with Gasteiger partial charge in [-0.2, -0.15) is 0 Å². The van der Waals surface area contributed by atoms with Crippen LogP contribution in [0, 0.1) is 0 Å². The Morgan fingerprint density at radius 1 is 0.433 bits per heavy atom. The lowest BCUT2D eigenvalue weighted by molar-refractivity contribution is -0.0893. The topological polar surface area (TPSA) is 65.4 Å². The summed E-state index contributed by atoms with van der Waals surface area (Å²) in [6.07, 6.45) is 3.41. The van der Waals surface area contributed by atoms with E-state index in [1.807, 2.05) is 45.9 Å². The summed E-state index contributed by atoms with van der Waals surface area (Å²) >= 11 is 0. The van der Waals surface area contributed by atoms with Crippen LogP contribution >= 0.6 is 0 Å². The second kappa shape index (κ2) is 18.7. The molecule has 0 spiro atoms. The quantitative estimate of drug-likeness (QED) is 0.0845. The van der Waals surface area contributed by atoms with Crippen LogP contribution in [0.5, 0.6) is 0 Å². The molecule has 6 nitrogen and oxygen atoms in total. The van der Waals surface area contributed by atoms with Gasteiger partial charge in [-0.15, -0.1) is 0 Å². The van der Waals surface area contributed by atoms with E-state index in [0.29, 0.717) is 0 Å². The van der Waals surface area contributed by atoms with Crippen molar-refractivity contribution in [2.75, 3.05) is 9.80 Å². The van der Waals surface area contributed by atoms with Crippen LogP contribution in [0.1, 0.15) is 80.7 Å². The highest BCUT2D eigenvalue weighted by molar-refractivity contribution is 6.47. The van der Waals surface area contributed by atoms with Crippen molar-refractivity contribution in [1.29, 1.82) is 0 Å². The smallest absolute Gasteiger partial charge is 0.330 e. The average Bonchev–Trinajstić information content (AvgIpc) is 3.23. The van der Waals surface area contributed by atoms with E-state index in [2.05, 4.69) is 150 Å². The third-order valence-corrected chi connectivity index (χ3v) is 11.8. The van der Waals surface area contributed by atoms with Crippen molar-refractivity contribution in [2.24, 2.45) is 0 Å². The Morgan fingerprint density at radius 2 is 0.750 bits per heavy atom. The van der Waals surface area contributed by atoms with E-state index < -0.39 is 22.4 Å². The summed E-state index contributed by atoms with van der Waals surface area (Å²) in [5.74, 6) is 0. The van der Waals surface area contributed by atoms with Gasteiger partial charge < -0.3 is 29.3 Å². The van der Waals surface area contributed by atoms with Crippen LogP contribution in [0.25, 0.3) is 11.1 Å². The van der Waals surface area contributed by atoms with Crippen LogP contribution in [0.3, 0.4) is 0 Å². The van der Waals surface area contributed by atoms with Gasteiger partial charge >= 0.3 is 15.0 Å². The number of para-hydroxylation sites is 1. The molecule has 6 rings (SSSR count). The number of hydrogen-bond acceptors (Lipinski definition) is 6. The van der Waals surface area contributed by atoms with Crippen LogP contribution in [-0.4, -0.2) is 47.6 Å². The summed E-state index contributed by atoms with van der Waals surface area (Å²) in [4.78, 5) is 4.52. The Hall–Kier alpha value is -5.11. The van der Waals surface area contributed by atoms with Gasteiger partial charge in [0.15, 0.2) is 0 Å². The van der Waals surface area contributed by atoms with Crippen molar-refractivity contribution in [3.05, 3.63) is 157 Å². The maximum absolute atomic E-state index is 10.6. The van der Waals surface area contributed by atoms with E-state index in [4.69, 9.17) is 9.31 Å². The van der Waals surface area contributed by atoms with E-state index in [9.17, 15) is 10.2 Å². The van der Waals surface area contributed by atoms with Crippen molar-refractivity contribution in [3.8, 4) is 11.1 Å². The molecule has 0 bridgehead atoms. The predicted octanol–water partition coefficient (Wildman–Crippen LogP) is 11.3. The highest BCUT2D eigenvalue weighted by Crippen LogP contribution is 2.38. The van der Waals surface area contributed by atoms with Crippen molar-refractivity contribution in [2.45, 2.75) is 104 Å². The molecule has 0 saturated heterocycles. The van der Waals surface area contributed by atoms with Gasteiger partial charge in [-0.05, 0) is 158 Å². The monoisotopic (exact) mass is 798 g/mol. The highest BCUT2D eigenvalue weighted by atomic mass is 16.5. The fourth-order valence-corrected chi connectivity index (χ4v) is 6.39. The first-order valence-electron chi connectivity index (χ1n) is 21.1. The molecule has 0 aliphatic carbocycles. The number of benzene rings is 6. The molecule has 0 heterocycles. The summed E-state index contributed by atoms with van der Waals surface area (Å²) in [7, 11) is 3.44. The molecule has 2 radical (unpaired) electrons. The van der Waals surface area contributed by atoms with Gasteiger partial charge in [-0.3, -0.25) is 0 Å². The maximum atomic E-state index is 10.6. The van der Waals surface area contributed by atoms with E-state index in [0.717, 1.165) is 62.6 Å². The molecule has 0 atom stereocenters. The van der Waals surface area contributed by atoms with Gasteiger partial charge in [0.05, 0.1) is 22.4 Å². The third kappa shape index (κ3) is 10.8. The Bertz CT molecular complexity index is 2250. The van der Waals surface area contributed by atoms with E-state index in [-0.39, 0.29) is 0 Å². The van der Waals surface area contributed by atoms with Crippen LogP contribution < -0.4 is 20.7 Å². The van der Waals surface area contributed by atoms with Gasteiger partial charge in [0.1, 0.15) is 0 Å². The molecule has 0 unspecified atom stereocenters. The SMILES string of the molecule is CCCCc1ccc(N(c2ccc([B]OC(C)(C)C(C)(C)O)cc2)c2ccc(-c3ccc(N(c4ccccc4)c4ccc([B]OC(C)(C)C(C)(C)O)cc4)cc3)cc2)cc1. The Morgan fingerprint density at radius 3 is 1.08 bits per heavy atom. The third-order valence-electron chi connectivity index (χ3n) is 11.8. The van der Waals surface area contributed by atoms with Crippen molar-refractivity contribution in [1.82, 2.24) is 0 Å². The lowest BCUT2D eigenvalue weighted by Gasteiger charge is -2.37. The molecule has 60 heavy (non-hydrogen) atoms. The molecule has 0 aliphatic heterocycles. The van der Waals surface area contributed by atoms with Gasteiger partial charge in [0, 0.05) is 34.1 Å². The highest BCUT2D eigenvalue weighted by Gasteiger charge is 2.36. The molecule has 6 aromatic carbocycles. The van der Waals surface area contributed by atoms with E-state index >= 15 is 0 Å². The molecule has 0 fully saturated rings. The first-order chi connectivity index (χ1) is 28.5. The van der Waals surface area contributed by atoms with Crippen LogP contribution in [0.2, 0.25) is 0 Å². The summed E-state index contributed by atoms with van der Waals surface area (Å²) in [6.45, 7) is 16.8. The van der Waals surface area contributed by atoms with Crippen LogP contribution in [-0.2, 0) is 15.7 Å². The zero-order valence-corrected chi connectivity index (χ0v) is 36.8. The second-order valence-electron chi connectivity index (χ2n) is 17.7. The van der Waals surface area contributed by atoms with Crippen molar-refractivity contribution >= 4 is 60.0 Å². The van der Waals surface area contributed by atoms with Crippen LogP contribution in [0.15, 0.2) is 152 Å². The summed E-state index contributed by atoms with van der Waals surface area (Å²) in [5, 5.41) is 21.1. The molecular formula is C52H60B2N2O4. The summed E-state index contributed by atoms with van der Waals surface area (Å²) < 4.78 is 12.1. The molecule has 0 amide bonds. The number of aliphatic hydroxyl groups is 2. The van der Waals surface area contributed by atoms with E-state index in [1.54, 1.807) is 42.7 Å². The largest absolute Gasteiger partial charge is 0.427 e. The molecule has 0 saturated carbocycles. The molecule has 0 aromatic heterocycles. The average molecular weight is 799 g/mol. The molecule has 308 valence electrons. The normalized spacial score (nSPS) is 12.2. The molecule has 2 N–H and O–H groups in total. The number of unbranched alkanes of at least 4 members (excludes halogenated alkanes) is 1. The summed E-state index contributed by atoms with van der Waals surface area (Å²) in [5.41, 5.74) is 8.21. The summed E-state index contributed by atoms with van der Waals surface area (Å²) in [6, 6.07) is 53.3. The van der Waals surface area contributed by atoms with Gasteiger partial charge in [-0.25, -0.2) is 0 Å². The maximum Gasteiger partial charge on any atom is 0.330 e. The zero-order chi connectivity index (χ0) is 43.1. The number of aryl methyl sites for hydroxylation is 1. The minimum atomic E-state index is -0.999. The van der Waals surface area contributed by atoms with Gasteiger partial charge in [0.25, 0.3) is 0 Å². The zero-order valence-electron chi connectivity index (χ0n) is 36.8. The minimum absolute atomic E-state index is 0.748. The Labute approximate surface area is 360 Å². The standard InChI is InChI=1S/C52H60B2N2O4/c1-10-11-15-38-18-28-44(29-19-38)56(48-36-26-42(27-37-48)54-60-52(8,9)50(4,5)58)46-32-22-40(23-33-46)39-20-30-45(31-21-39)55(43-16-13-12-14-17-43)47-34-24-41(25-35-47)53-59-51(6,7)49(2,3)57/h12-14,16-37,57-58H,10-11,15H2,1-9H3. The van der Waals surface area contributed by atoms with Crippen molar-refractivity contribution in [3.63, 3.8) is 0 Å². The fourth-order valence-electron chi connectivity index (χ4n) is 6.39. The lowest BCUT2D eigenvalue weighted by atomic mass is 9.82. The number of anilines is 6. The van der Waals surface area contributed by atoms with Gasteiger partial charge in [0.2, 0.25) is 0 Å². The van der Waals surface area contributed by atoms with E-state index in [1.165, 1.54) is 18.4 Å². The Kier molecular flexibility index (Phi) is 13.8. The Balaban J connectivity index is 1.24. The molecular weight excluding hydrogens is 738 g/mol.